The Bertz CT molecular complexity index is 930. The monoisotopic (exact) mass is 413 g/mol. The van der Waals surface area contributed by atoms with E-state index in [0.717, 1.165) is 22.9 Å². The molecule has 4 rings (SSSR count). The van der Waals surface area contributed by atoms with Crippen LogP contribution in [0, 0.1) is 0 Å². The third kappa shape index (κ3) is 3.14. The van der Waals surface area contributed by atoms with Crippen molar-refractivity contribution in [2.45, 2.75) is 12.8 Å². The molecule has 1 amide bonds. The Morgan fingerprint density at radius 2 is 1.58 bits per heavy atom. The van der Waals surface area contributed by atoms with Gasteiger partial charge in [-0.3, -0.25) is 4.79 Å². The molecular weight excluding hydrogens is 394 g/mol. The minimum atomic E-state index is -3.40. The number of thiophene rings is 1. The molecule has 0 atom stereocenters. The molecule has 0 unspecified atom stereocenters. The molecule has 9 heteroatoms. The second-order valence-electron chi connectivity index (χ2n) is 6.55. The molecule has 2 saturated heterocycles. The minimum Gasteiger partial charge on any atom is -0.335 e. The zero-order valence-electron chi connectivity index (χ0n) is 14.2. The van der Waals surface area contributed by atoms with Gasteiger partial charge in [0.05, 0.1) is 5.02 Å². The summed E-state index contributed by atoms with van der Waals surface area (Å²) < 4.78 is 29.3. The molecule has 1 aromatic heterocycles. The highest BCUT2D eigenvalue weighted by Gasteiger charge is 2.35. The van der Waals surface area contributed by atoms with Gasteiger partial charge in [-0.1, -0.05) is 29.8 Å². The molecule has 0 N–H and O–H groups in total. The van der Waals surface area contributed by atoms with Crippen molar-refractivity contribution < 1.29 is 13.2 Å². The first-order valence-electron chi connectivity index (χ1n) is 8.70. The van der Waals surface area contributed by atoms with Crippen LogP contribution in [0.4, 0.5) is 0 Å². The molecule has 0 spiro atoms. The van der Waals surface area contributed by atoms with Crippen LogP contribution in [0.1, 0.15) is 22.5 Å². The van der Waals surface area contributed by atoms with E-state index in [-0.39, 0.29) is 5.91 Å². The van der Waals surface area contributed by atoms with Crippen molar-refractivity contribution in [3.05, 3.63) is 34.2 Å². The molecule has 6 nitrogen and oxygen atoms in total. The maximum absolute atomic E-state index is 12.9. The summed E-state index contributed by atoms with van der Waals surface area (Å²) in [5.74, 6) is -0.116. The van der Waals surface area contributed by atoms with Gasteiger partial charge in [0, 0.05) is 49.4 Å². The highest BCUT2D eigenvalue weighted by atomic mass is 35.5. The van der Waals surface area contributed by atoms with Crippen LogP contribution < -0.4 is 0 Å². The summed E-state index contributed by atoms with van der Waals surface area (Å²) in [5.41, 5.74) is 0. The Morgan fingerprint density at radius 1 is 0.962 bits per heavy atom. The van der Waals surface area contributed by atoms with E-state index < -0.39 is 10.2 Å². The van der Waals surface area contributed by atoms with Gasteiger partial charge in [0.1, 0.15) is 4.88 Å². The minimum absolute atomic E-state index is 0.116. The fraction of sp³-hybridized carbons (Fsp3) is 0.471. The van der Waals surface area contributed by atoms with E-state index in [1.54, 1.807) is 9.21 Å². The van der Waals surface area contributed by atoms with E-state index >= 15 is 0 Å². The van der Waals surface area contributed by atoms with Crippen molar-refractivity contribution in [3.63, 3.8) is 0 Å². The average Bonchev–Trinajstić information content (AvgIpc) is 3.31. The molecule has 2 fully saturated rings. The predicted octanol–water partition coefficient (Wildman–Crippen LogP) is 2.65. The molecule has 1 aromatic carbocycles. The number of hydrogen-bond acceptors (Lipinski definition) is 4. The van der Waals surface area contributed by atoms with Crippen LogP contribution in [-0.4, -0.2) is 67.1 Å². The Hall–Kier alpha value is -1.19. The molecule has 0 radical (unpaired) electrons. The number of amides is 1. The topological polar surface area (TPSA) is 60.9 Å². The van der Waals surface area contributed by atoms with E-state index in [9.17, 15) is 13.2 Å². The highest BCUT2D eigenvalue weighted by molar-refractivity contribution is 7.86. The lowest BCUT2D eigenvalue weighted by atomic mass is 10.2. The van der Waals surface area contributed by atoms with Gasteiger partial charge in [-0.2, -0.15) is 17.0 Å². The van der Waals surface area contributed by atoms with Gasteiger partial charge in [0.2, 0.25) is 0 Å². The quantitative estimate of drug-likeness (QED) is 0.777. The fourth-order valence-corrected chi connectivity index (χ4v) is 6.65. The molecule has 2 aliphatic heterocycles. The van der Waals surface area contributed by atoms with E-state index in [4.69, 9.17) is 11.6 Å². The van der Waals surface area contributed by atoms with E-state index in [0.29, 0.717) is 49.2 Å². The first-order valence-corrected chi connectivity index (χ1v) is 11.3. The summed E-state index contributed by atoms with van der Waals surface area (Å²) in [5, 5.41) is 1.38. The lowest BCUT2D eigenvalue weighted by Gasteiger charge is -2.35. The number of carbonyl (C=O) groups excluding carboxylic acids is 1. The Morgan fingerprint density at radius 3 is 2.23 bits per heavy atom. The second-order valence-corrected chi connectivity index (χ2v) is 9.91. The van der Waals surface area contributed by atoms with Gasteiger partial charge in [-0.25, -0.2) is 0 Å². The largest absolute Gasteiger partial charge is 0.335 e. The van der Waals surface area contributed by atoms with Crippen LogP contribution in [0.3, 0.4) is 0 Å². The van der Waals surface area contributed by atoms with Gasteiger partial charge in [0.25, 0.3) is 16.1 Å². The smallest absolute Gasteiger partial charge is 0.282 e. The van der Waals surface area contributed by atoms with E-state index in [1.165, 1.54) is 15.6 Å². The summed E-state index contributed by atoms with van der Waals surface area (Å²) in [6.45, 7) is 2.62. The van der Waals surface area contributed by atoms with E-state index in [1.807, 2.05) is 24.3 Å². The zero-order valence-corrected chi connectivity index (χ0v) is 16.6. The van der Waals surface area contributed by atoms with Crippen LogP contribution in [-0.2, 0) is 10.2 Å². The number of halogens is 1. The summed E-state index contributed by atoms with van der Waals surface area (Å²) in [6, 6.07) is 7.68. The SMILES string of the molecule is O=C(c1sc2ccccc2c1Cl)N1CCN(S(=O)(=O)N2CCCC2)CC1. The van der Waals surface area contributed by atoms with Crippen LogP contribution in [0.5, 0.6) is 0 Å². The lowest BCUT2D eigenvalue weighted by Crippen LogP contribution is -2.53. The number of piperazine rings is 1. The van der Waals surface area contributed by atoms with Crippen molar-refractivity contribution in [1.29, 1.82) is 0 Å². The van der Waals surface area contributed by atoms with Crippen LogP contribution in [0.2, 0.25) is 5.02 Å². The second kappa shape index (κ2) is 7.09. The number of nitrogens with zero attached hydrogens (tertiary/aromatic N) is 3. The third-order valence-electron chi connectivity index (χ3n) is 4.97. The maximum Gasteiger partial charge on any atom is 0.282 e. The summed E-state index contributed by atoms with van der Waals surface area (Å²) in [4.78, 5) is 15.1. The number of rotatable bonds is 3. The standard InChI is InChI=1S/C17H20ClN3O3S2/c18-15-13-5-1-2-6-14(13)25-16(15)17(22)19-9-11-21(12-10-19)26(23,24)20-7-3-4-8-20/h1-2,5-6H,3-4,7-12H2. The Kier molecular flexibility index (Phi) is 4.96. The predicted molar refractivity (Wildman–Crippen MR) is 104 cm³/mol. The van der Waals surface area contributed by atoms with Crippen LogP contribution >= 0.6 is 22.9 Å². The first kappa shape index (κ1) is 18.2. The molecule has 0 bridgehead atoms. The van der Waals surface area contributed by atoms with Gasteiger partial charge in [-0.15, -0.1) is 11.3 Å². The summed E-state index contributed by atoms with van der Waals surface area (Å²) >= 11 is 7.80. The molecule has 26 heavy (non-hydrogen) atoms. The van der Waals surface area contributed by atoms with Gasteiger partial charge >= 0.3 is 0 Å². The Labute approximate surface area is 162 Å². The summed E-state index contributed by atoms with van der Waals surface area (Å²) in [6.07, 6.45) is 1.84. The molecule has 140 valence electrons. The van der Waals surface area contributed by atoms with Gasteiger partial charge in [-0.05, 0) is 18.9 Å². The number of carbonyl (C=O) groups is 1. The third-order valence-corrected chi connectivity index (χ3v) is 8.67. The Balaban J connectivity index is 1.47. The van der Waals surface area contributed by atoms with Crippen molar-refractivity contribution in [2.24, 2.45) is 0 Å². The first-order chi connectivity index (χ1) is 12.5. The highest BCUT2D eigenvalue weighted by Crippen LogP contribution is 2.36. The molecule has 2 aliphatic rings. The van der Waals surface area contributed by atoms with Crippen molar-refractivity contribution in [1.82, 2.24) is 13.5 Å². The van der Waals surface area contributed by atoms with Gasteiger partial charge in [0.15, 0.2) is 0 Å². The number of benzene rings is 1. The van der Waals surface area contributed by atoms with E-state index in [2.05, 4.69) is 0 Å². The fourth-order valence-electron chi connectivity index (χ4n) is 3.50. The van der Waals surface area contributed by atoms with Crippen molar-refractivity contribution >= 4 is 49.1 Å². The number of hydrogen-bond donors (Lipinski definition) is 0. The average molecular weight is 414 g/mol. The van der Waals surface area contributed by atoms with Crippen molar-refractivity contribution in [3.8, 4) is 0 Å². The maximum atomic E-state index is 12.9. The molecule has 3 heterocycles. The summed E-state index contributed by atoms with van der Waals surface area (Å²) in [7, 11) is -3.40. The molecule has 0 saturated carbocycles. The zero-order chi connectivity index (χ0) is 18.3. The number of fused-ring (bicyclic) bond motifs is 1. The van der Waals surface area contributed by atoms with Gasteiger partial charge < -0.3 is 4.90 Å². The normalized spacial score (nSPS) is 20.1. The van der Waals surface area contributed by atoms with Crippen LogP contribution in [0.15, 0.2) is 24.3 Å². The molecule has 0 aliphatic carbocycles. The lowest BCUT2D eigenvalue weighted by molar-refractivity contribution is 0.0699. The van der Waals surface area contributed by atoms with Crippen LogP contribution in [0.25, 0.3) is 10.1 Å². The molecule has 2 aromatic rings. The molecular formula is C17H20ClN3O3S2. The van der Waals surface area contributed by atoms with Crippen molar-refractivity contribution in [2.75, 3.05) is 39.3 Å².